The minimum Gasteiger partial charge on any atom is -0.497 e. The summed E-state index contributed by atoms with van der Waals surface area (Å²) in [5.41, 5.74) is 2.84. The van der Waals surface area contributed by atoms with Crippen molar-refractivity contribution in [2.75, 3.05) is 20.3 Å². The first kappa shape index (κ1) is 29.3. The lowest BCUT2D eigenvalue weighted by atomic mass is 10.1. The number of fused-ring (bicyclic) bond motifs is 1. The molecule has 0 bridgehead atoms. The van der Waals surface area contributed by atoms with Gasteiger partial charge in [0, 0.05) is 35.3 Å². The Balaban J connectivity index is 1.48. The first-order valence-corrected chi connectivity index (χ1v) is 13.1. The van der Waals surface area contributed by atoms with Crippen LogP contribution in [-0.4, -0.2) is 32.3 Å². The van der Waals surface area contributed by atoms with Crippen LogP contribution in [0.5, 0.6) is 17.2 Å². The highest BCUT2D eigenvalue weighted by atomic mass is 16.5. The maximum atomic E-state index is 12.0. The minimum absolute atomic E-state index is 0.276. The summed E-state index contributed by atoms with van der Waals surface area (Å²) >= 11 is 0. The van der Waals surface area contributed by atoms with Crippen LogP contribution in [0, 0.1) is 23.7 Å². The molecule has 6 nitrogen and oxygen atoms in total. The number of methoxy groups -OCH3 is 1. The van der Waals surface area contributed by atoms with E-state index in [1.807, 2.05) is 66.7 Å². The molecule has 0 unspecified atom stereocenters. The summed E-state index contributed by atoms with van der Waals surface area (Å²) in [5.74, 6) is 13.2. The Morgan fingerprint density at radius 1 is 0.690 bits per heavy atom. The quantitative estimate of drug-likeness (QED) is 0.0800. The standard InChI is InChI=1S/C36H28O6/c1-4-35(37)41-22-6-21-40-33-20-17-30-23-27(11-16-31(30)25-33)7-8-28-10-15-29(34(24-28)42-36(38)5-2)14-9-26-12-18-32(39-3)19-13-26/h4-5,10-13,15-20,23-25H,1-2,6,21-22H2,3H3. The maximum absolute atomic E-state index is 12.0. The van der Waals surface area contributed by atoms with Crippen LogP contribution in [0.2, 0.25) is 0 Å². The molecule has 42 heavy (non-hydrogen) atoms. The zero-order valence-corrected chi connectivity index (χ0v) is 23.1. The molecule has 6 heteroatoms. The Morgan fingerprint density at radius 2 is 1.31 bits per heavy atom. The van der Waals surface area contributed by atoms with Gasteiger partial charge in [0.05, 0.1) is 25.9 Å². The zero-order chi connectivity index (χ0) is 29.7. The van der Waals surface area contributed by atoms with Gasteiger partial charge in [-0.25, -0.2) is 9.59 Å². The van der Waals surface area contributed by atoms with E-state index in [0.29, 0.717) is 29.9 Å². The van der Waals surface area contributed by atoms with E-state index in [2.05, 4.69) is 36.8 Å². The fraction of sp³-hybridized carbons (Fsp3) is 0.111. The molecule has 4 rings (SSSR count). The molecule has 0 aliphatic rings. The van der Waals surface area contributed by atoms with Crippen LogP contribution in [0.4, 0.5) is 0 Å². The molecule has 0 N–H and O–H groups in total. The van der Waals surface area contributed by atoms with Gasteiger partial charge in [-0.2, -0.15) is 0 Å². The smallest absolute Gasteiger partial charge is 0.335 e. The molecule has 0 saturated heterocycles. The van der Waals surface area contributed by atoms with Crippen molar-refractivity contribution in [3.05, 3.63) is 126 Å². The lowest BCUT2D eigenvalue weighted by molar-refractivity contribution is -0.138. The van der Waals surface area contributed by atoms with E-state index in [-0.39, 0.29) is 6.61 Å². The Kier molecular flexibility index (Phi) is 10.2. The molecule has 0 amide bonds. The summed E-state index contributed by atoms with van der Waals surface area (Å²) in [6.07, 6.45) is 2.82. The average Bonchev–Trinajstić information content (AvgIpc) is 3.03. The Hall–Kier alpha value is -5.72. The van der Waals surface area contributed by atoms with Crippen molar-refractivity contribution in [3.63, 3.8) is 0 Å². The Bertz CT molecular complexity index is 1740. The number of ether oxygens (including phenoxy) is 4. The number of benzene rings is 4. The third-order valence-corrected chi connectivity index (χ3v) is 5.92. The van der Waals surface area contributed by atoms with E-state index in [0.717, 1.165) is 45.6 Å². The number of carbonyl (C=O) groups is 2. The molecule has 208 valence electrons. The van der Waals surface area contributed by atoms with Crippen molar-refractivity contribution in [1.82, 2.24) is 0 Å². The molecule has 4 aromatic rings. The molecule has 0 fully saturated rings. The van der Waals surface area contributed by atoms with Crippen molar-refractivity contribution in [1.29, 1.82) is 0 Å². The molecular weight excluding hydrogens is 528 g/mol. The highest BCUT2D eigenvalue weighted by Crippen LogP contribution is 2.23. The topological polar surface area (TPSA) is 71.1 Å². The van der Waals surface area contributed by atoms with Gasteiger partial charge in [-0.1, -0.05) is 49.0 Å². The number of esters is 2. The van der Waals surface area contributed by atoms with E-state index in [9.17, 15) is 9.59 Å². The summed E-state index contributed by atoms with van der Waals surface area (Å²) in [5, 5.41) is 2.02. The van der Waals surface area contributed by atoms with Gasteiger partial charge in [0.1, 0.15) is 17.2 Å². The normalized spacial score (nSPS) is 9.83. The summed E-state index contributed by atoms with van der Waals surface area (Å²) < 4.78 is 21.4. The highest BCUT2D eigenvalue weighted by molar-refractivity contribution is 5.85. The van der Waals surface area contributed by atoms with Gasteiger partial charge < -0.3 is 18.9 Å². The summed E-state index contributed by atoms with van der Waals surface area (Å²) in [6, 6.07) is 24.4. The van der Waals surface area contributed by atoms with Crippen molar-refractivity contribution >= 4 is 22.7 Å². The minimum atomic E-state index is -0.582. The number of carbonyl (C=O) groups excluding carboxylic acids is 2. The predicted octanol–water partition coefficient (Wildman–Crippen LogP) is 6.24. The highest BCUT2D eigenvalue weighted by Gasteiger charge is 2.07. The van der Waals surface area contributed by atoms with E-state index in [1.54, 1.807) is 19.2 Å². The largest absolute Gasteiger partial charge is 0.497 e. The van der Waals surface area contributed by atoms with E-state index in [4.69, 9.17) is 18.9 Å². The lowest BCUT2D eigenvalue weighted by Gasteiger charge is -2.08. The van der Waals surface area contributed by atoms with Crippen LogP contribution in [0.25, 0.3) is 10.8 Å². The molecule has 0 heterocycles. The molecule has 0 atom stereocenters. The first-order valence-electron chi connectivity index (χ1n) is 13.1. The molecule has 0 spiro atoms. The second-order valence-electron chi connectivity index (χ2n) is 8.86. The second-order valence-corrected chi connectivity index (χ2v) is 8.86. The predicted molar refractivity (Wildman–Crippen MR) is 162 cm³/mol. The Labute approximate surface area is 245 Å². The third-order valence-electron chi connectivity index (χ3n) is 5.92. The summed E-state index contributed by atoms with van der Waals surface area (Å²) in [7, 11) is 1.61. The van der Waals surface area contributed by atoms with Gasteiger partial charge in [0.15, 0.2) is 0 Å². The molecule has 0 aliphatic carbocycles. The van der Waals surface area contributed by atoms with Crippen LogP contribution in [-0.2, 0) is 14.3 Å². The van der Waals surface area contributed by atoms with Gasteiger partial charge in [-0.15, -0.1) is 0 Å². The monoisotopic (exact) mass is 556 g/mol. The van der Waals surface area contributed by atoms with Crippen molar-refractivity contribution in [2.24, 2.45) is 0 Å². The average molecular weight is 557 g/mol. The SMILES string of the molecule is C=CC(=O)OCCCOc1ccc2cc(C#Cc3ccc(C#Cc4ccc(OC)cc4)c(OC(=O)C=C)c3)ccc2c1. The molecular formula is C36H28O6. The fourth-order valence-corrected chi connectivity index (χ4v) is 3.77. The van der Waals surface area contributed by atoms with Crippen LogP contribution < -0.4 is 14.2 Å². The Morgan fingerprint density at radius 3 is 2.05 bits per heavy atom. The number of rotatable bonds is 9. The van der Waals surface area contributed by atoms with Crippen LogP contribution in [0.15, 0.2) is 104 Å². The van der Waals surface area contributed by atoms with Gasteiger partial charge >= 0.3 is 11.9 Å². The van der Waals surface area contributed by atoms with Crippen LogP contribution in [0.3, 0.4) is 0 Å². The molecule has 0 saturated carbocycles. The van der Waals surface area contributed by atoms with Crippen LogP contribution >= 0.6 is 0 Å². The summed E-state index contributed by atoms with van der Waals surface area (Å²) in [6.45, 7) is 7.55. The van der Waals surface area contributed by atoms with Gasteiger partial charge in [0.25, 0.3) is 0 Å². The first-order chi connectivity index (χ1) is 20.5. The van der Waals surface area contributed by atoms with Crippen molar-refractivity contribution < 1.29 is 28.5 Å². The van der Waals surface area contributed by atoms with Gasteiger partial charge in [-0.3, -0.25) is 0 Å². The van der Waals surface area contributed by atoms with Crippen LogP contribution in [0.1, 0.15) is 28.7 Å². The lowest BCUT2D eigenvalue weighted by Crippen LogP contribution is -2.06. The van der Waals surface area contributed by atoms with Gasteiger partial charge in [-0.05, 0) is 77.5 Å². The second kappa shape index (κ2) is 14.6. The molecule has 0 aromatic heterocycles. The maximum Gasteiger partial charge on any atom is 0.335 e. The van der Waals surface area contributed by atoms with Crippen molar-refractivity contribution in [2.45, 2.75) is 6.42 Å². The summed E-state index contributed by atoms with van der Waals surface area (Å²) in [4.78, 5) is 23.1. The number of hydrogen-bond donors (Lipinski definition) is 0. The van der Waals surface area contributed by atoms with Gasteiger partial charge in [0.2, 0.25) is 0 Å². The molecule has 0 aliphatic heterocycles. The van der Waals surface area contributed by atoms with E-state index >= 15 is 0 Å². The number of hydrogen-bond acceptors (Lipinski definition) is 6. The molecule has 4 aromatic carbocycles. The van der Waals surface area contributed by atoms with E-state index < -0.39 is 11.9 Å². The van der Waals surface area contributed by atoms with Crippen molar-refractivity contribution in [3.8, 4) is 40.9 Å². The molecule has 0 radical (unpaired) electrons. The third kappa shape index (κ3) is 8.39. The fourth-order valence-electron chi connectivity index (χ4n) is 3.77. The van der Waals surface area contributed by atoms with E-state index in [1.165, 1.54) is 0 Å². The zero-order valence-electron chi connectivity index (χ0n) is 23.1.